The van der Waals surface area contributed by atoms with Crippen molar-refractivity contribution in [2.75, 3.05) is 0 Å². The molecule has 6 nitrogen and oxygen atoms in total. The van der Waals surface area contributed by atoms with Crippen molar-refractivity contribution in [3.8, 4) is 57.2 Å². The maximum absolute atomic E-state index is 9.17. The lowest BCUT2D eigenvalue weighted by atomic mass is 10.0. The highest BCUT2D eigenvalue weighted by molar-refractivity contribution is 7.25. The van der Waals surface area contributed by atoms with Gasteiger partial charge in [0.1, 0.15) is 0 Å². The zero-order valence-corrected chi connectivity index (χ0v) is 22.3. The van der Waals surface area contributed by atoms with E-state index in [-0.39, 0.29) is 0 Å². The Bertz CT molecular complexity index is 2010. The quantitative estimate of drug-likeness (QED) is 0.223. The number of thiophene rings is 1. The third kappa shape index (κ3) is 4.57. The van der Waals surface area contributed by atoms with Crippen LogP contribution in [0.4, 0.5) is 0 Å². The Morgan fingerprint density at radius 3 is 1.34 bits per heavy atom. The van der Waals surface area contributed by atoms with Crippen LogP contribution in [0.5, 0.6) is 0 Å². The third-order valence-electron chi connectivity index (χ3n) is 6.97. The molecule has 0 N–H and O–H groups in total. The molecule has 0 atom stereocenters. The summed E-state index contributed by atoms with van der Waals surface area (Å²) in [6, 6.07) is 32.1. The van der Waals surface area contributed by atoms with E-state index >= 15 is 0 Å². The molecule has 0 saturated carbocycles. The third-order valence-corrected chi connectivity index (χ3v) is 8.09. The smallest absolute Gasteiger partial charge is 0.0992 e. The molecule has 41 heavy (non-hydrogen) atoms. The van der Waals surface area contributed by atoms with Crippen molar-refractivity contribution >= 4 is 31.5 Å². The summed E-state index contributed by atoms with van der Waals surface area (Å²) in [6.07, 6.45) is 6.96. The van der Waals surface area contributed by atoms with Gasteiger partial charge in [-0.25, -0.2) is 0 Å². The summed E-state index contributed by atoms with van der Waals surface area (Å²) in [5.41, 5.74) is 8.18. The van der Waals surface area contributed by atoms with Crippen LogP contribution >= 0.6 is 11.3 Å². The predicted octanol–water partition coefficient (Wildman–Crippen LogP) is 8.05. The first-order valence-electron chi connectivity index (χ1n) is 12.8. The standard InChI is InChI=1S/C34H18N6S/c35-17-21-9-11-37-31(13-21)29-7-3-25(19-39-29)23-1-5-27-28-6-2-24(16-34(28)41-33(27)15-23)26-4-8-30(40-20-26)32-14-22(18-36)10-12-38-32/h1-16,19-20H. The van der Waals surface area contributed by atoms with Gasteiger partial charge in [-0.3, -0.25) is 19.9 Å². The molecule has 0 spiro atoms. The van der Waals surface area contributed by atoms with Crippen LogP contribution in [0, 0.1) is 22.7 Å². The Kier molecular flexibility index (Phi) is 5.98. The molecular weight excluding hydrogens is 524 g/mol. The van der Waals surface area contributed by atoms with Crippen LogP contribution in [0.1, 0.15) is 11.1 Å². The molecule has 0 bridgehead atoms. The average Bonchev–Trinajstić information content (AvgIpc) is 3.42. The number of benzene rings is 2. The van der Waals surface area contributed by atoms with Crippen LogP contribution < -0.4 is 0 Å². The summed E-state index contributed by atoms with van der Waals surface area (Å²) >= 11 is 1.77. The van der Waals surface area contributed by atoms with E-state index in [2.05, 4.69) is 68.5 Å². The van der Waals surface area contributed by atoms with Gasteiger partial charge in [0.25, 0.3) is 0 Å². The van der Waals surface area contributed by atoms with Crippen LogP contribution in [0.3, 0.4) is 0 Å². The molecule has 0 aliphatic heterocycles. The molecule has 7 aromatic rings. The van der Waals surface area contributed by atoms with Crippen molar-refractivity contribution < 1.29 is 0 Å². The first kappa shape index (κ1) is 24.3. The molecular formula is C34H18N6S. The van der Waals surface area contributed by atoms with Gasteiger partial charge in [-0.1, -0.05) is 36.4 Å². The van der Waals surface area contributed by atoms with E-state index in [4.69, 9.17) is 10.5 Å². The molecule has 7 rings (SSSR count). The van der Waals surface area contributed by atoms with Crippen LogP contribution in [0.25, 0.3) is 65.2 Å². The van der Waals surface area contributed by atoms with E-state index in [1.54, 1.807) is 48.0 Å². The molecule has 7 heteroatoms. The molecule has 0 amide bonds. The van der Waals surface area contributed by atoms with Crippen LogP contribution in [0.15, 0.2) is 110 Å². The number of aromatic nitrogens is 4. The average molecular weight is 543 g/mol. The minimum Gasteiger partial charge on any atom is -0.255 e. The van der Waals surface area contributed by atoms with Crippen LogP contribution in [-0.4, -0.2) is 19.9 Å². The van der Waals surface area contributed by atoms with Gasteiger partial charge < -0.3 is 0 Å². The summed E-state index contributed by atoms with van der Waals surface area (Å²) in [7, 11) is 0. The normalized spacial score (nSPS) is 10.9. The number of hydrogen-bond donors (Lipinski definition) is 0. The zero-order valence-electron chi connectivity index (χ0n) is 21.5. The molecule has 0 aliphatic rings. The molecule has 2 aromatic carbocycles. The maximum Gasteiger partial charge on any atom is 0.0992 e. The van der Waals surface area contributed by atoms with Crippen molar-refractivity contribution in [1.82, 2.24) is 19.9 Å². The summed E-state index contributed by atoms with van der Waals surface area (Å²) in [4.78, 5) is 17.9. The Morgan fingerprint density at radius 1 is 0.463 bits per heavy atom. The molecule has 5 heterocycles. The van der Waals surface area contributed by atoms with Crippen molar-refractivity contribution in [2.24, 2.45) is 0 Å². The molecule has 0 fully saturated rings. The van der Waals surface area contributed by atoms with E-state index in [0.29, 0.717) is 22.5 Å². The molecule has 190 valence electrons. The van der Waals surface area contributed by atoms with Gasteiger partial charge in [0.05, 0.1) is 46.0 Å². The largest absolute Gasteiger partial charge is 0.255 e. The number of nitrogens with zero attached hydrogens (tertiary/aromatic N) is 6. The Balaban J connectivity index is 1.18. The monoisotopic (exact) mass is 542 g/mol. The molecule has 5 aromatic heterocycles. The lowest BCUT2D eigenvalue weighted by Crippen LogP contribution is -1.89. The SMILES string of the molecule is N#Cc1ccnc(-c2ccc(-c3ccc4c(c3)sc3cc(-c5ccc(-c6cc(C#N)ccn6)nc5)ccc34)cn2)c1. The van der Waals surface area contributed by atoms with E-state index in [0.717, 1.165) is 33.6 Å². The van der Waals surface area contributed by atoms with Gasteiger partial charge in [-0.2, -0.15) is 10.5 Å². The van der Waals surface area contributed by atoms with Gasteiger partial charge in [-0.15, -0.1) is 11.3 Å². The van der Waals surface area contributed by atoms with Crippen LogP contribution in [0.2, 0.25) is 0 Å². The fourth-order valence-electron chi connectivity index (χ4n) is 4.85. The summed E-state index contributed by atoms with van der Waals surface area (Å²) in [6.45, 7) is 0. The number of hydrogen-bond acceptors (Lipinski definition) is 7. The van der Waals surface area contributed by atoms with Gasteiger partial charge in [0.15, 0.2) is 0 Å². The lowest BCUT2D eigenvalue weighted by Gasteiger charge is -2.05. The summed E-state index contributed by atoms with van der Waals surface area (Å²) < 4.78 is 2.41. The zero-order chi connectivity index (χ0) is 27.8. The molecule has 0 aliphatic carbocycles. The minimum atomic E-state index is 0.562. The van der Waals surface area contributed by atoms with Gasteiger partial charge >= 0.3 is 0 Å². The van der Waals surface area contributed by atoms with E-state index < -0.39 is 0 Å². The van der Waals surface area contributed by atoms with Crippen molar-refractivity contribution in [2.45, 2.75) is 0 Å². The van der Waals surface area contributed by atoms with Gasteiger partial charge in [-0.05, 0) is 59.7 Å². The fraction of sp³-hybridized carbons (Fsp3) is 0. The fourth-order valence-corrected chi connectivity index (χ4v) is 6.03. The Labute approximate surface area is 239 Å². The van der Waals surface area contributed by atoms with Crippen LogP contribution in [-0.2, 0) is 0 Å². The number of pyridine rings is 4. The van der Waals surface area contributed by atoms with Crippen molar-refractivity contribution in [1.29, 1.82) is 10.5 Å². The molecule has 0 unspecified atom stereocenters. The minimum absolute atomic E-state index is 0.562. The highest BCUT2D eigenvalue weighted by Gasteiger charge is 2.11. The molecule has 0 saturated heterocycles. The summed E-state index contributed by atoms with van der Waals surface area (Å²) in [5, 5.41) is 20.8. The predicted molar refractivity (Wildman–Crippen MR) is 162 cm³/mol. The molecule has 0 radical (unpaired) electrons. The Morgan fingerprint density at radius 2 is 0.927 bits per heavy atom. The second kappa shape index (κ2) is 10.1. The van der Waals surface area contributed by atoms with E-state index in [1.165, 1.54) is 20.2 Å². The topological polar surface area (TPSA) is 99.1 Å². The van der Waals surface area contributed by atoms with Crippen molar-refractivity contribution in [3.05, 3.63) is 121 Å². The maximum atomic E-state index is 9.17. The highest BCUT2D eigenvalue weighted by Crippen LogP contribution is 2.38. The van der Waals surface area contributed by atoms with E-state index in [9.17, 15) is 0 Å². The van der Waals surface area contributed by atoms with Gasteiger partial charge in [0.2, 0.25) is 0 Å². The number of rotatable bonds is 4. The lowest BCUT2D eigenvalue weighted by molar-refractivity contribution is 1.24. The summed E-state index contributed by atoms with van der Waals surface area (Å²) in [5.74, 6) is 0. The second-order valence-electron chi connectivity index (χ2n) is 9.47. The Hall–Kier alpha value is -5.76. The first-order valence-corrected chi connectivity index (χ1v) is 13.6. The number of nitriles is 2. The van der Waals surface area contributed by atoms with E-state index in [1.807, 2.05) is 36.7 Å². The van der Waals surface area contributed by atoms with Gasteiger partial charge in [0, 0.05) is 56.1 Å². The number of fused-ring (bicyclic) bond motifs is 3. The first-order chi connectivity index (χ1) is 20.2. The van der Waals surface area contributed by atoms with Crippen molar-refractivity contribution in [3.63, 3.8) is 0 Å². The highest BCUT2D eigenvalue weighted by atomic mass is 32.1. The second-order valence-corrected chi connectivity index (χ2v) is 10.6.